The molecule has 0 fully saturated rings. The van der Waals surface area contributed by atoms with E-state index < -0.39 is 24.1 Å². The lowest BCUT2D eigenvalue weighted by Crippen LogP contribution is -2.31. The number of carbonyl (C=O) groups is 1. The summed E-state index contributed by atoms with van der Waals surface area (Å²) in [5, 5.41) is 27.1. The highest BCUT2D eigenvalue weighted by Gasteiger charge is 2.23. The van der Waals surface area contributed by atoms with E-state index >= 15 is 0 Å². The molecule has 84 valence electrons. The van der Waals surface area contributed by atoms with Crippen LogP contribution in [0.5, 0.6) is 0 Å². The van der Waals surface area contributed by atoms with Gasteiger partial charge in [-0.25, -0.2) is 0 Å². The van der Waals surface area contributed by atoms with E-state index in [1.165, 1.54) is 0 Å². The highest BCUT2D eigenvalue weighted by molar-refractivity contribution is 5.70. The van der Waals surface area contributed by atoms with Gasteiger partial charge in [-0.05, 0) is 12.8 Å². The Balaban J connectivity index is 4.09. The zero-order chi connectivity index (χ0) is 11.1. The molecule has 0 saturated carbocycles. The summed E-state index contributed by atoms with van der Waals surface area (Å²) in [6.45, 7) is 0.0327. The summed E-state index contributed by atoms with van der Waals surface area (Å²) in [4.78, 5) is 10.7. The van der Waals surface area contributed by atoms with Crippen LogP contribution in [0.4, 0.5) is 0 Å². The lowest BCUT2D eigenvalue weighted by Gasteiger charge is -2.17. The molecule has 0 spiro atoms. The molecule has 6 heteroatoms. The number of aliphatic hydroxyl groups is 2. The zero-order valence-corrected chi connectivity index (χ0v) is 7.97. The molecule has 2 atom stereocenters. The first-order valence-corrected chi connectivity index (χ1v) is 4.50. The van der Waals surface area contributed by atoms with Crippen LogP contribution in [0.1, 0.15) is 12.8 Å². The minimum Gasteiger partial charge on any atom is -0.481 e. The molecule has 0 aromatic heterocycles. The van der Waals surface area contributed by atoms with Crippen molar-refractivity contribution in [3.8, 4) is 0 Å². The van der Waals surface area contributed by atoms with Gasteiger partial charge >= 0.3 is 5.97 Å². The van der Waals surface area contributed by atoms with Gasteiger partial charge in [0.25, 0.3) is 0 Å². The smallest absolute Gasteiger partial charge is 0.306 e. The van der Waals surface area contributed by atoms with Crippen molar-refractivity contribution in [3.63, 3.8) is 0 Å². The number of aliphatic carboxylic acids is 1. The van der Waals surface area contributed by atoms with Crippen molar-refractivity contribution in [2.24, 2.45) is 17.4 Å². The fraction of sp³-hybridized carbons (Fsp3) is 0.875. The Morgan fingerprint density at radius 2 is 1.43 bits per heavy atom. The van der Waals surface area contributed by atoms with Crippen molar-refractivity contribution >= 4 is 5.97 Å². The van der Waals surface area contributed by atoms with Crippen LogP contribution >= 0.6 is 0 Å². The summed E-state index contributed by atoms with van der Waals surface area (Å²) in [5.74, 6) is -1.85. The van der Waals surface area contributed by atoms with Crippen LogP contribution in [0.2, 0.25) is 0 Å². The Hall–Kier alpha value is -0.690. The lowest BCUT2D eigenvalue weighted by molar-refractivity contribution is -0.144. The largest absolute Gasteiger partial charge is 0.481 e. The van der Waals surface area contributed by atoms with Gasteiger partial charge in [-0.15, -0.1) is 0 Å². The first kappa shape index (κ1) is 13.3. The van der Waals surface area contributed by atoms with Gasteiger partial charge < -0.3 is 26.8 Å². The first-order valence-electron chi connectivity index (χ1n) is 4.50. The second-order valence-corrected chi connectivity index (χ2v) is 3.29. The predicted molar refractivity (Wildman–Crippen MR) is 50.5 cm³/mol. The molecular weight excluding hydrogens is 188 g/mol. The van der Waals surface area contributed by atoms with Gasteiger partial charge in [0, 0.05) is 13.1 Å². The van der Waals surface area contributed by atoms with Crippen LogP contribution in [-0.2, 0) is 4.79 Å². The van der Waals surface area contributed by atoms with E-state index in [0.717, 1.165) is 0 Å². The van der Waals surface area contributed by atoms with Crippen molar-refractivity contribution in [1.29, 1.82) is 0 Å². The third kappa shape index (κ3) is 5.13. The third-order valence-corrected chi connectivity index (χ3v) is 2.01. The minimum absolute atomic E-state index is 0.0164. The topological polar surface area (TPSA) is 130 Å². The standard InChI is InChI=1S/C8H18N2O4/c9-3-6(11)1-5(8(13)14)2-7(12)4-10/h5-7,11-12H,1-4,9-10H2,(H,13,14). The molecule has 6 nitrogen and oxygen atoms in total. The fourth-order valence-corrected chi connectivity index (χ4v) is 1.15. The van der Waals surface area contributed by atoms with Gasteiger partial charge in [-0.3, -0.25) is 4.79 Å². The number of carboxylic acid groups (broad SMARTS) is 1. The zero-order valence-electron chi connectivity index (χ0n) is 7.97. The van der Waals surface area contributed by atoms with E-state index in [2.05, 4.69) is 0 Å². The Kier molecular flexibility index (Phi) is 6.39. The van der Waals surface area contributed by atoms with Crippen LogP contribution in [0, 0.1) is 5.92 Å². The molecule has 0 aliphatic rings. The summed E-state index contributed by atoms with van der Waals surface area (Å²) < 4.78 is 0. The van der Waals surface area contributed by atoms with E-state index in [-0.39, 0.29) is 25.9 Å². The van der Waals surface area contributed by atoms with Crippen LogP contribution in [0.15, 0.2) is 0 Å². The molecule has 0 radical (unpaired) electrons. The van der Waals surface area contributed by atoms with Gasteiger partial charge in [0.15, 0.2) is 0 Å². The molecule has 0 saturated heterocycles. The van der Waals surface area contributed by atoms with E-state index in [9.17, 15) is 4.79 Å². The van der Waals surface area contributed by atoms with Gasteiger partial charge in [-0.2, -0.15) is 0 Å². The predicted octanol–water partition coefficient (Wildman–Crippen LogP) is -1.89. The lowest BCUT2D eigenvalue weighted by atomic mass is 9.95. The summed E-state index contributed by atoms with van der Waals surface area (Å²) in [6.07, 6.45) is -1.60. The van der Waals surface area contributed by atoms with Crippen LogP contribution in [0.3, 0.4) is 0 Å². The molecule has 14 heavy (non-hydrogen) atoms. The van der Waals surface area contributed by atoms with E-state index in [4.69, 9.17) is 26.8 Å². The normalized spacial score (nSPS) is 17.4. The van der Waals surface area contributed by atoms with E-state index in [1.807, 2.05) is 0 Å². The number of carboxylic acids is 1. The summed E-state index contributed by atoms with van der Waals surface area (Å²) >= 11 is 0. The van der Waals surface area contributed by atoms with Crippen molar-refractivity contribution in [3.05, 3.63) is 0 Å². The highest BCUT2D eigenvalue weighted by Crippen LogP contribution is 2.13. The quantitative estimate of drug-likeness (QED) is 0.331. The van der Waals surface area contributed by atoms with Crippen molar-refractivity contribution in [2.45, 2.75) is 25.0 Å². The molecule has 0 aromatic rings. The molecule has 0 rings (SSSR count). The molecule has 0 aromatic carbocycles. The molecule has 2 unspecified atom stereocenters. The summed E-state index contributed by atoms with van der Waals surface area (Å²) in [5.41, 5.74) is 10.3. The van der Waals surface area contributed by atoms with Crippen molar-refractivity contribution in [1.82, 2.24) is 0 Å². The monoisotopic (exact) mass is 206 g/mol. The maximum absolute atomic E-state index is 10.7. The number of hydrogen-bond donors (Lipinski definition) is 5. The van der Waals surface area contributed by atoms with Crippen molar-refractivity contribution < 1.29 is 20.1 Å². The molecule has 0 amide bonds. The maximum Gasteiger partial charge on any atom is 0.306 e. The molecule has 0 aliphatic carbocycles. The first-order chi connectivity index (χ1) is 6.51. The number of rotatable bonds is 7. The molecule has 0 bridgehead atoms. The van der Waals surface area contributed by atoms with Gasteiger partial charge in [0.1, 0.15) is 0 Å². The summed E-state index contributed by atoms with van der Waals surface area (Å²) in [6, 6.07) is 0. The Morgan fingerprint density at radius 1 is 1.07 bits per heavy atom. The molecular formula is C8H18N2O4. The Labute approximate surface area is 82.5 Å². The van der Waals surface area contributed by atoms with Crippen LogP contribution in [0.25, 0.3) is 0 Å². The van der Waals surface area contributed by atoms with Crippen LogP contribution in [-0.4, -0.2) is 46.6 Å². The minimum atomic E-state index is -1.05. The van der Waals surface area contributed by atoms with Crippen molar-refractivity contribution in [2.75, 3.05) is 13.1 Å². The van der Waals surface area contributed by atoms with Gasteiger partial charge in [0.05, 0.1) is 18.1 Å². The molecule has 0 aliphatic heterocycles. The highest BCUT2D eigenvalue weighted by atomic mass is 16.4. The molecule has 7 N–H and O–H groups in total. The second-order valence-electron chi connectivity index (χ2n) is 3.29. The maximum atomic E-state index is 10.7. The number of aliphatic hydroxyl groups excluding tert-OH is 2. The Bertz CT molecular complexity index is 165. The molecule has 0 heterocycles. The summed E-state index contributed by atoms with van der Waals surface area (Å²) in [7, 11) is 0. The average molecular weight is 206 g/mol. The Morgan fingerprint density at radius 3 is 1.64 bits per heavy atom. The van der Waals surface area contributed by atoms with Gasteiger partial charge in [0.2, 0.25) is 0 Å². The number of hydrogen-bond acceptors (Lipinski definition) is 5. The third-order valence-electron chi connectivity index (χ3n) is 2.01. The number of nitrogens with two attached hydrogens (primary N) is 2. The fourth-order valence-electron chi connectivity index (χ4n) is 1.15. The SMILES string of the molecule is NCC(O)CC(CC(O)CN)C(=O)O. The average Bonchev–Trinajstić information content (AvgIpc) is 2.16. The second kappa shape index (κ2) is 6.72. The van der Waals surface area contributed by atoms with Gasteiger partial charge in [-0.1, -0.05) is 0 Å². The van der Waals surface area contributed by atoms with E-state index in [1.54, 1.807) is 0 Å². The van der Waals surface area contributed by atoms with Crippen LogP contribution < -0.4 is 11.5 Å². The van der Waals surface area contributed by atoms with E-state index in [0.29, 0.717) is 0 Å².